The smallest absolute Gasteiger partial charge is 0.227 e. The average molecular weight is 123 g/mol. The third-order valence-electron chi connectivity index (χ3n) is 1.36. The number of rotatable bonds is 1. The monoisotopic (exact) mass is 123 g/mol. The summed E-state index contributed by atoms with van der Waals surface area (Å²) in [5.74, 6) is 0.186. The largest absolute Gasteiger partial charge is 0.312 e. The van der Waals surface area contributed by atoms with Gasteiger partial charge in [-0.05, 0) is 6.42 Å². The van der Waals surface area contributed by atoms with Crippen LogP contribution in [0, 0.1) is 0 Å². The Morgan fingerprint density at radius 1 is 1.78 bits per heavy atom. The van der Waals surface area contributed by atoms with Crippen LogP contribution < -0.4 is 0 Å². The molecule has 2 nitrogen and oxygen atoms in total. The highest BCUT2D eigenvalue weighted by Crippen LogP contribution is 2.08. The molecule has 0 unspecified atom stereocenters. The van der Waals surface area contributed by atoms with E-state index in [0.29, 0.717) is 6.42 Å². The maximum absolute atomic E-state index is 10.8. The van der Waals surface area contributed by atoms with Gasteiger partial charge in [0.05, 0.1) is 0 Å². The molecule has 0 aromatic heterocycles. The summed E-state index contributed by atoms with van der Waals surface area (Å²) in [6.07, 6.45) is 3.25. The van der Waals surface area contributed by atoms with Gasteiger partial charge in [0.15, 0.2) is 0 Å². The van der Waals surface area contributed by atoms with Gasteiger partial charge in [0.2, 0.25) is 5.91 Å². The summed E-state index contributed by atoms with van der Waals surface area (Å²) in [5, 5.41) is 0. The van der Waals surface area contributed by atoms with Crippen molar-refractivity contribution in [2.75, 3.05) is 6.54 Å². The SMILES string of the molecule is C=C=CN1CCCC1=O. The van der Waals surface area contributed by atoms with E-state index in [0.717, 1.165) is 13.0 Å². The lowest BCUT2D eigenvalue weighted by Gasteiger charge is -2.04. The quantitative estimate of drug-likeness (QED) is 0.474. The number of hydrogen-bond acceptors (Lipinski definition) is 1. The molecule has 0 radical (unpaired) electrons. The third kappa shape index (κ3) is 1.21. The zero-order valence-corrected chi connectivity index (χ0v) is 5.26. The first-order valence-electron chi connectivity index (χ1n) is 3.00. The number of likely N-dealkylation sites (tertiary alicyclic amines) is 1. The van der Waals surface area contributed by atoms with Crippen molar-refractivity contribution < 1.29 is 4.79 Å². The van der Waals surface area contributed by atoms with Crippen molar-refractivity contribution in [2.45, 2.75) is 12.8 Å². The molecular weight excluding hydrogens is 114 g/mol. The highest BCUT2D eigenvalue weighted by atomic mass is 16.2. The topological polar surface area (TPSA) is 20.3 Å². The van der Waals surface area contributed by atoms with Gasteiger partial charge >= 0.3 is 0 Å². The molecule has 48 valence electrons. The number of hydrogen-bond donors (Lipinski definition) is 0. The number of amides is 1. The predicted molar refractivity (Wildman–Crippen MR) is 34.7 cm³/mol. The van der Waals surface area contributed by atoms with E-state index in [2.05, 4.69) is 12.3 Å². The second kappa shape index (κ2) is 2.51. The van der Waals surface area contributed by atoms with Gasteiger partial charge < -0.3 is 4.90 Å². The van der Waals surface area contributed by atoms with Crippen LogP contribution in [0.5, 0.6) is 0 Å². The van der Waals surface area contributed by atoms with Crippen LogP contribution in [0.2, 0.25) is 0 Å². The Labute approximate surface area is 54.5 Å². The summed E-state index contributed by atoms with van der Waals surface area (Å²) in [7, 11) is 0. The molecule has 1 saturated heterocycles. The van der Waals surface area contributed by atoms with Crippen molar-refractivity contribution in [3.8, 4) is 0 Å². The Morgan fingerprint density at radius 3 is 3.00 bits per heavy atom. The van der Waals surface area contributed by atoms with E-state index in [1.807, 2.05) is 0 Å². The molecule has 2 heteroatoms. The summed E-state index contributed by atoms with van der Waals surface area (Å²) in [6.45, 7) is 4.22. The van der Waals surface area contributed by atoms with Gasteiger partial charge in [0.25, 0.3) is 0 Å². The Hall–Kier alpha value is -1.01. The molecule has 1 amide bonds. The molecule has 0 saturated carbocycles. The molecule has 9 heavy (non-hydrogen) atoms. The average Bonchev–Trinajstić information content (AvgIpc) is 2.18. The Bertz CT molecular complexity index is 168. The van der Waals surface area contributed by atoms with Gasteiger partial charge in [-0.1, -0.05) is 6.58 Å². The number of carbonyl (C=O) groups excluding carboxylic acids is 1. The van der Waals surface area contributed by atoms with Gasteiger partial charge in [-0.2, -0.15) is 0 Å². The van der Waals surface area contributed by atoms with Crippen molar-refractivity contribution in [1.82, 2.24) is 4.90 Å². The minimum atomic E-state index is 0.186. The van der Waals surface area contributed by atoms with E-state index in [4.69, 9.17) is 0 Å². The fourth-order valence-corrected chi connectivity index (χ4v) is 0.916. The highest BCUT2D eigenvalue weighted by molar-refractivity contribution is 5.79. The van der Waals surface area contributed by atoms with Crippen LogP contribution in [-0.4, -0.2) is 17.4 Å². The van der Waals surface area contributed by atoms with Gasteiger partial charge in [0.1, 0.15) is 0 Å². The lowest BCUT2D eigenvalue weighted by molar-refractivity contribution is -0.125. The standard InChI is InChI=1S/C7H9NO/c1-2-5-8-6-3-4-7(8)9/h5H,1,3-4,6H2. The molecule has 1 heterocycles. The molecule has 1 rings (SSSR count). The number of carbonyl (C=O) groups is 1. The zero-order valence-electron chi connectivity index (χ0n) is 5.26. The summed E-state index contributed by atoms with van der Waals surface area (Å²) >= 11 is 0. The van der Waals surface area contributed by atoms with Crippen LogP contribution in [0.1, 0.15) is 12.8 Å². The molecule has 1 aliphatic heterocycles. The normalized spacial score (nSPS) is 17.8. The molecule has 0 atom stereocenters. The highest BCUT2D eigenvalue weighted by Gasteiger charge is 2.16. The fourth-order valence-electron chi connectivity index (χ4n) is 0.916. The third-order valence-corrected chi connectivity index (χ3v) is 1.36. The minimum absolute atomic E-state index is 0.186. The summed E-state index contributed by atoms with van der Waals surface area (Å²) in [4.78, 5) is 12.4. The molecule has 0 bridgehead atoms. The predicted octanol–water partition coefficient (Wildman–Crippen LogP) is 0.907. The van der Waals surface area contributed by atoms with Crippen molar-refractivity contribution >= 4 is 5.91 Å². The van der Waals surface area contributed by atoms with E-state index in [-0.39, 0.29) is 5.91 Å². The first kappa shape index (κ1) is 6.12. The van der Waals surface area contributed by atoms with Crippen molar-refractivity contribution in [3.05, 3.63) is 18.5 Å². The molecule has 0 spiro atoms. The maximum atomic E-state index is 10.8. The fraction of sp³-hybridized carbons (Fsp3) is 0.429. The zero-order chi connectivity index (χ0) is 6.69. The van der Waals surface area contributed by atoms with Crippen LogP contribution in [0.25, 0.3) is 0 Å². The lowest BCUT2D eigenvalue weighted by atomic mass is 10.4. The van der Waals surface area contributed by atoms with Gasteiger partial charge in [-0.3, -0.25) is 4.79 Å². The van der Waals surface area contributed by atoms with Gasteiger partial charge in [0, 0.05) is 19.2 Å². The van der Waals surface area contributed by atoms with Crippen LogP contribution in [0.3, 0.4) is 0 Å². The van der Waals surface area contributed by atoms with Crippen LogP contribution in [0.15, 0.2) is 18.5 Å². The Morgan fingerprint density at radius 2 is 2.56 bits per heavy atom. The van der Waals surface area contributed by atoms with E-state index in [1.165, 1.54) is 0 Å². The van der Waals surface area contributed by atoms with Crippen molar-refractivity contribution in [2.24, 2.45) is 0 Å². The Balaban J connectivity index is 2.59. The van der Waals surface area contributed by atoms with Gasteiger partial charge in [-0.25, -0.2) is 0 Å². The van der Waals surface area contributed by atoms with Crippen LogP contribution in [0.4, 0.5) is 0 Å². The molecule has 0 aromatic rings. The molecule has 0 aliphatic carbocycles. The van der Waals surface area contributed by atoms with E-state index >= 15 is 0 Å². The molecule has 1 fully saturated rings. The first-order chi connectivity index (χ1) is 4.34. The van der Waals surface area contributed by atoms with Gasteiger partial charge in [-0.15, -0.1) is 5.73 Å². The summed E-state index contributed by atoms with van der Waals surface area (Å²) in [5.41, 5.74) is 2.57. The maximum Gasteiger partial charge on any atom is 0.227 e. The summed E-state index contributed by atoms with van der Waals surface area (Å²) < 4.78 is 0. The lowest BCUT2D eigenvalue weighted by Crippen LogP contribution is -2.16. The second-order valence-electron chi connectivity index (χ2n) is 2.02. The molecule has 0 aromatic carbocycles. The molecule has 1 aliphatic rings. The van der Waals surface area contributed by atoms with E-state index in [9.17, 15) is 4.79 Å². The van der Waals surface area contributed by atoms with E-state index < -0.39 is 0 Å². The molecule has 0 N–H and O–H groups in total. The Kier molecular flexibility index (Phi) is 1.71. The van der Waals surface area contributed by atoms with Crippen LogP contribution in [-0.2, 0) is 4.79 Å². The van der Waals surface area contributed by atoms with Crippen molar-refractivity contribution in [1.29, 1.82) is 0 Å². The minimum Gasteiger partial charge on any atom is -0.312 e. The van der Waals surface area contributed by atoms with Crippen molar-refractivity contribution in [3.63, 3.8) is 0 Å². The van der Waals surface area contributed by atoms with E-state index in [1.54, 1.807) is 11.1 Å². The first-order valence-corrected chi connectivity index (χ1v) is 3.00. The van der Waals surface area contributed by atoms with Crippen LogP contribution >= 0.6 is 0 Å². The molecular formula is C7H9NO. The second-order valence-corrected chi connectivity index (χ2v) is 2.02. The number of nitrogens with zero attached hydrogens (tertiary/aromatic N) is 1. The summed E-state index contributed by atoms with van der Waals surface area (Å²) in [6, 6.07) is 0.